The molecule has 3 aromatic rings. The smallest absolute Gasteiger partial charge is 0.251 e. The second-order valence-corrected chi connectivity index (χ2v) is 9.09. The number of nitrogens with one attached hydrogen (secondary N) is 3. The van der Waals surface area contributed by atoms with Crippen molar-refractivity contribution in [3.05, 3.63) is 41.6 Å². The number of aromatic nitrogens is 2. The van der Waals surface area contributed by atoms with Crippen molar-refractivity contribution in [2.45, 2.75) is 26.3 Å². The van der Waals surface area contributed by atoms with E-state index in [1.165, 1.54) is 0 Å². The molecule has 31 heavy (non-hydrogen) atoms. The summed E-state index contributed by atoms with van der Waals surface area (Å²) in [7, 11) is 1.66. The molecule has 1 fully saturated rings. The number of piperazine rings is 1. The fourth-order valence-electron chi connectivity index (χ4n) is 3.98. The van der Waals surface area contributed by atoms with Gasteiger partial charge in [0.25, 0.3) is 5.91 Å². The minimum Gasteiger partial charge on any atom is -0.355 e. The number of benzene rings is 1. The number of hydrogen-bond donors (Lipinski definition) is 3. The van der Waals surface area contributed by atoms with Gasteiger partial charge in [-0.1, -0.05) is 6.07 Å². The Hall–Kier alpha value is -2.55. The summed E-state index contributed by atoms with van der Waals surface area (Å²) in [5.41, 5.74) is 2.63. The van der Waals surface area contributed by atoms with Gasteiger partial charge in [0.2, 0.25) is 5.95 Å². The highest BCUT2D eigenvalue weighted by molar-refractivity contribution is 7.22. The lowest BCUT2D eigenvalue weighted by Gasteiger charge is -2.33. The summed E-state index contributed by atoms with van der Waals surface area (Å²) in [5, 5.41) is 10.5. The van der Waals surface area contributed by atoms with Crippen LogP contribution in [0, 0.1) is 6.92 Å². The molecule has 0 radical (unpaired) electrons. The lowest BCUT2D eigenvalue weighted by Crippen LogP contribution is -2.50. The topological polar surface area (TPSA) is 82.2 Å². The highest BCUT2D eigenvalue weighted by Crippen LogP contribution is 2.35. The van der Waals surface area contributed by atoms with Crippen LogP contribution in [0.3, 0.4) is 0 Å². The zero-order valence-corrected chi connectivity index (χ0v) is 19.2. The van der Waals surface area contributed by atoms with Gasteiger partial charge in [0.1, 0.15) is 0 Å². The van der Waals surface area contributed by atoms with Gasteiger partial charge in [0, 0.05) is 67.7 Å². The van der Waals surface area contributed by atoms with Crippen LogP contribution in [-0.2, 0) is 0 Å². The summed E-state index contributed by atoms with van der Waals surface area (Å²) in [5.74, 6) is 0.577. The third-order valence-electron chi connectivity index (χ3n) is 5.78. The van der Waals surface area contributed by atoms with Crippen LogP contribution in [0.2, 0.25) is 0 Å². The molecule has 3 N–H and O–H groups in total. The molecule has 1 aromatic carbocycles. The van der Waals surface area contributed by atoms with Crippen LogP contribution in [-0.4, -0.2) is 66.6 Å². The van der Waals surface area contributed by atoms with Crippen molar-refractivity contribution in [3.8, 4) is 10.6 Å². The predicted molar refractivity (Wildman–Crippen MR) is 128 cm³/mol. The van der Waals surface area contributed by atoms with Crippen molar-refractivity contribution in [2.75, 3.05) is 45.1 Å². The Bertz CT molecular complexity index is 1070. The van der Waals surface area contributed by atoms with Crippen LogP contribution < -0.4 is 16.0 Å². The molecule has 0 bridgehead atoms. The van der Waals surface area contributed by atoms with Crippen molar-refractivity contribution in [2.24, 2.45) is 0 Å². The largest absolute Gasteiger partial charge is 0.355 e. The molecule has 1 unspecified atom stereocenters. The second-order valence-electron chi connectivity index (χ2n) is 8.00. The van der Waals surface area contributed by atoms with Crippen molar-refractivity contribution in [1.29, 1.82) is 0 Å². The number of aryl methyl sites for hydroxylation is 1. The van der Waals surface area contributed by atoms with E-state index in [1.807, 2.05) is 31.3 Å². The number of hydrogen-bond acceptors (Lipinski definition) is 7. The lowest BCUT2D eigenvalue weighted by atomic mass is 10.1. The van der Waals surface area contributed by atoms with E-state index in [2.05, 4.69) is 38.8 Å². The number of rotatable bonds is 7. The van der Waals surface area contributed by atoms with Gasteiger partial charge in [-0.15, -0.1) is 11.3 Å². The van der Waals surface area contributed by atoms with Crippen molar-refractivity contribution < 1.29 is 4.79 Å². The first-order valence-corrected chi connectivity index (χ1v) is 11.7. The first kappa shape index (κ1) is 21.7. The number of amides is 1. The van der Waals surface area contributed by atoms with Crippen LogP contribution in [0.5, 0.6) is 0 Å². The maximum Gasteiger partial charge on any atom is 0.251 e. The first-order chi connectivity index (χ1) is 15.1. The third kappa shape index (κ3) is 4.87. The van der Waals surface area contributed by atoms with Crippen molar-refractivity contribution >= 4 is 33.3 Å². The van der Waals surface area contributed by atoms with E-state index in [4.69, 9.17) is 4.98 Å². The molecule has 1 atom stereocenters. The van der Waals surface area contributed by atoms with Gasteiger partial charge in [0.05, 0.1) is 10.6 Å². The Labute approximate surface area is 187 Å². The maximum absolute atomic E-state index is 12.2. The minimum absolute atomic E-state index is 0.0736. The number of carbonyl (C=O) groups excluding carboxylic acids is 1. The van der Waals surface area contributed by atoms with Crippen LogP contribution in [0.1, 0.15) is 29.3 Å². The molecule has 4 rings (SSSR count). The third-order valence-corrected chi connectivity index (χ3v) is 6.89. The van der Waals surface area contributed by atoms with Crippen LogP contribution in [0.15, 0.2) is 30.5 Å². The highest BCUT2D eigenvalue weighted by Gasteiger charge is 2.17. The molecule has 7 nitrogen and oxygen atoms in total. The molecule has 0 spiro atoms. The SMILES string of the molecule is CNC(=O)c1cccc2sc(-c3nc(NCCCN4CCNCC4C)ncc3C)cc12. The van der Waals surface area contributed by atoms with Crippen LogP contribution >= 0.6 is 11.3 Å². The zero-order chi connectivity index (χ0) is 21.8. The van der Waals surface area contributed by atoms with Crippen molar-refractivity contribution in [1.82, 2.24) is 25.5 Å². The molecule has 8 heteroatoms. The molecule has 1 saturated heterocycles. The molecule has 1 amide bonds. The van der Waals surface area contributed by atoms with Gasteiger partial charge >= 0.3 is 0 Å². The van der Waals surface area contributed by atoms with Gasteiger partial charge in [-0.05, 0) is 44.0 Å². The molecular weight excluding hydrogens is 408 g/mol. The summed E-state index contributed by atoms with van der Waals surface area (Å²) >= 11 is 1.65. The van der Waals surface area contributed by atoms with Gasteiger partial charge in [-0.3, -0.25) is 9.69 Å². The predicted octanol–water partition coefficient (Wildman–Crippen LogP) is 3.12. The second kappa shape index (κ2) is 9.72. The first-order valence-electron chi connectivity index (χ1n) is 10.8. The Kier molecular flexibility index (Phi) is 6.80. The number of thiophene rings is 1. The maximum atomic E-state index is 12.2. The lowest BCUT2D eigenvalue weighted by molar-refractivity contribution is 0.0964. The molecule has 3 heterocycles. The number of fused-ring (bicyclic) bond motifs is 1. The average molecular weight is 439 g/mol. The fourth-order valence-corrected chi connectivity index (χ4v) is 5.13. The highest BCUT2D eigenvalue weighted by atomic mass is 32.1. The van der Waals surface area contributed by atoms with E-state index in [1.54, 1.807) is 18.4 Å². The van der Waals surface area contributed by atoms with Gasteiger partial charge in [0.15, 0.2) is 0 Å². The monoisotopic (exact) mass is 438 g/mol. The number of carbonyl (C=O) groups is 1. The quantitative estimate of drug-likeness (QED) is 0.492. The van der Waals surface area contributed by atoms with E-state index < -0.39 is 0 Å². The van der Waals surface area contributed by atoms with E-state index in [-0.39, 0.29) is 5.91 Å². The Morgan fingerprint density at radius 2 is 2.26 bits per heavy atom. The molecule has 2 aromatic heterocycles. The average Bonchev–Trinajstić information content (AvgIpc) is 3.22. The number of nitrogens with zero attached hydrogens (tertiary/aromatic N) is 3. The summed E-state index contributed by atoms with van der Waals surface area (Å²) in [6, 6.07) is 8.48. The minimum atomic E-state index is -0.0736. The van der Waals surface area contributed by atoms with Gasteiger partial charge in [-0.25, -0.2) is 9.97 Å². The Balaban J connectivity index is 1.47. The summed E-state index contributed by atoms with van der Waals surface area (Å²) < 4.78 is 1.08. The van der Waals surface area contributed by atoms with E-state index in [0.717, 1.165) is 65.4 Å². The zero-order valence-electron chi connectivity index (χ0n) is 18.4. The molecular formula is C23H30N6OS. The van der Waals surface area contributed by atoms with E-state index in [9.17, 15) is 4.79 Å². The molecule has 1 aliphatic heterocycles. The Morgan fingerprint density at radius 3 is 3.06 bits per heavy atom. The van der Waals surface area contributed by atoms with Crippen LogP contribution in [0.4, 0.5) is 5.95 Å². The molecule has 1 aliphatic rings. The van der Waals surface area contributed by atoms with Crippen LogP contribution in [0.25, 0.3) is 20.7 Å². The van der Waals surface area contributed by atoms with Gasteiger partial charge < -0.3 is 16.0 Å². The molecule has 0 saturated carbocycles. The standard InChI is InChI=1S/C23H30N6OS/c1-15-13-27-23(26-8-5-10-29-11-9-25-14-16(29)2)28-21(15)20-12-18-17(22(30)24-3)6-4-7-19(18)31-20/h4,6-7,12-13,16,25H,5,8-11,14H2,1-3H3,(H,24,30)(H,26,27,28). The van der Waals surface area contributed by atoms with Crippen molar-refractivity contribution in [3.63, 3.8) is 0 Å². The summed E-state index contributed by atoms with van der Waals surface area (Å²) in [4.78, 5) is 25.1. The Morgan fingerprint density at radius 1 is 1.39 bits per heavy atom. The number of anilines is 1. The molecule has 164 valence electrons. The van der Waals surface area contributed by atoms with E-state index >= 15 is 0 Å². The molecule has 0 aliphatic carbocycles. The summed E-state index contributed by atoms with van der Waals surface area (Å²) in [6.07, 6.45) is 2.92. The summed E-state index contributed by atoms with van der Waals surface area (Å²) in [6.45, 7) is 9.45. The normalized spacial score (nSPS) is 17.1. The van der Waals surface area contributed by atoms with Gasteiger partial charge in [-0.2, -0.15) is 0 Å². The fraction of sp³-hybridized carbons (Fsp3) is 0.435. The van der Waals surface area contributed by atoms with E-state index in [0.29, 0.717) is 17.6 Å².